The van der Waals surface area contributed by atoms with Gasteiger partial charge in [-0.25, -0.2) is 0 Å². The molecule has 3 rings (SSSR count). The molecule has 0 aliphatic heterocycles. The van der Waals surface area contributed by atoms with Gasteiger partial charge < -0.3 is 5.73 Å². The maximum Gasteiger partial charge on any atom is 0.0722 e. The van der Waals surface area contributed by atoms with Crippen LogP contribution in [0.1, 0.15) is 0 Å². The number of hydrogen-bond acceptors (Lipinski definition) is 3. The lowest BCUT2D eigenvalue weighted by Crippen LogP contribution is -1.88. The van der Waals surface area contributed by atoms with Crippen molar-refractivity contribution in [2.45, 2.75) is 0 Å². The molecule has 18 heavy (non-hydrogen) atoms. The molecule has 0 atom stereocenters. The van der Waals surface area contributed by atoms with Gasteiger partial charge in [0.15, 0.2) is 0 Å². The molecule has 0 fully saturated rings. The van der Waals surface area contributed by atoms with E-state index in [-0.39, 0.29) is 0 Å². The van der Waals surface area contributed by atoms with Crippen LogP contribution in [-0.4, -0.2) is 15.2 Å². The second kappa shape index (κ2) is 4.33. The molecule has 0 saturated heterocycles. The Labute approximate surface area is 105 Å². The van der Waals surface area contributed by atoms with Crippen molar-refractivity contribution >= 4 is 5.69 Å². The summed E-state index contributed by atoms with van der Waals surface area (Å²) in [6, 6.07) is 11.8. The first kappa shape index (κ1) is 10.5. The Hall–Kier alpha value is -2.62. The van der Waals surface area contributed by atoms with Crippen molar-refractivity contribution in [3.05, 3.63) is 55.0 Å². The van der Waals surface area contributed by atoms with E-state index in [1.54, 1.807) is 18.5 Å². The van der Waals surface area contributed by atoms with Crippen molar-refractivity contribution in [1.82, 2.24) is 15.2 Å². The largest absolute Gasteiger partial charge is 0.399 e. The van der Waals surface area contributed by atoms with Crippen LogP contribution < -0.4 is 5.73 Å². The quantitative estimate of drug-likeness (QED) is 0.718. The highest BCUT2D eigenvalue weighted by Gasteiger charge is 2.02. The van der Waals surface area contributed by atoms with Crippen LogP contribution in [0.5, 0.6) is 0 Å². The number of hydrogen-bond donors (Lipinski definition) is 2. The minimum Gasteiger partial charge on any atom is -0.399 e. The molecule has 0 amide bonds. The van der Waals surface area contributed by atoms with Crippen molar-refractivity contribution in [2.75, 3.05) is 5.73 Å². The topological polar surface area (TPSA) is 67.6 Å². The summed E-state index contributed by atoms with van der Waals surface area (Å²) in [5, 5.41) is 6.74. The van der Waals surface area contributed by atoms with Gasteiger partial charge in [0.1, 0.15) is 0 Å². The summed E-state index contributed by atoms with van der Waals surface area (Å²) in [4.78, 5) is 4.30. The highest BCUT2D eigenvalue weighted by atomic mass is 15.1. The molecule has 0 aliphatic rings. The van der Waals surface area contributed by atoms with Gasteiger partial charge in [-0.15, -0.1) is 0 Å². The summed E-state index contributed by atoms with van der Waals surface area (Å²) in [6.45, 7) is 0. The van der Waals surface area contributed by atoms with E-state index in [2.05, 4.69) is 15.2 Å². The fourth-order valence-electron chi connectivity index (χ4n) is 1.85. The van der Waals surface area contributed by atoms with E-state index in [4.69, 9.17) is 5.73 Å². The number of nitrogens with one attached hydrogen (secondary N) is 1. The minimum atomic E-state index is 0.721. The molecule has 0 bridgehead atoms. The molecular weight excluding hydrogens is 224 g/mol. The van der Waals surface area contributed by atoms with Gasteiger partial charge in [-0.05, 0) is 17.7 Å². The van der Waals surface area contributed by atoms with E-state index in [9.17, 15) is 0 Å². The monoisotopic (exact) mass is 236 g/mol. The van der Waals surface area contributed by atoms with E-state index >= 15 is 0 Å². The van der Waals surface area contributed by atoms with Crippen LogP contribution in [0, 0.1) is 0 Å². The number of anilines is 1. The molecular formula is C14H12N4. The van der Waals surface area contributed by atoms with Gasteiger partial charge in [-0.3, -0.25) is 10.1 Å². The first-order valence-electron chi connectivity index (χ1n) is 5.64. The fraction of sp³-hybridized carbons (Fsp3) is 0. The van der Waals surface area contributed by atoms with Crippen LogP contribution in [0.15, 0.2) is 55.0 Å². The van der Waals surface area contributed by atoms with Crippen LogP contribution in [0.25, 0.3) is 22.4 Å². The van der Waals surface area contributed by atoms with Crippen molar-refractivity contribution in [3.63, 3.8) is 0 Å². The maximum atomic E-state index is 5.75. The van der Waals surface area contributed by atoms with E-state index in [0.717, 1.165) is 28.1 Å². The van der Waals surface area contributed by atoms with Gasteiger partial charge in [0, 0.05) is 29.2 Å². The number of nitrogen functional groups attached to an aromatic ring is 1. The van der Waals surface area contributed by atoms with E-state index in [0.29, 0.717) is 0 Å². The molecule has 2 heterocycles. The fourth-order valence-corrected chi connectivity index (χ4v) is 1.85. The second-order valence-corrected chi connectivity index (χ2v) is 4.04. The second-order valence-electron chi connectivity index (χ2n) is 4.04. The number of nitrogens with zero attached hydrogens (tertiary/aromatic N) is 2. The maximum absolute atomic E-state index is 5.75. The van der Waals surface area contributed by atoms with Gasteiger partial charge in [0.05, 0.1) is 11.9 Å². The molecule has 3 N–H and O–H groups in total. The van der Waals surface area contributed by atoms with Crippen molar-refractivity contribution in [3.8, 4) is 22.4 Å². The van der Waals surface area contributed by atoms with E-state index < -0.39 is 0 Å². The number of rotatable bonds is 2. The number of benzene rings is 1. The lowest BCUT2D eigenvalue weighted by molar-refractivity contribution is 1.09. The summed E-state index contributed by atoms with van der Waals surface area (Å²) < 4.78 is 0. The van der Waals surface area contributed by atoms with Crippen LogP contribution in [0.4, 0.5) is 5.69 Å². The summed E-state index contributed by atoms with van der Waals surface area (Å²) in [5.74, 6) is 0. The van der Waals surface area contributed by atoms with Gasteiger partial charge >= 0.3 is 0 Å². The smallest absolute Gasteiger partial charge is 0.0722 e. The Balaban J connectivity index is 1.96. The zero-order chi connectivity index (χ0) is 12.4. The number of aromatic nitrogens is 3. The SMILES string of the molecule is Nc1ccnc(-c2ccc(-c3cn[nH]c3)cc2)c1. The van der Waals surface area contributed by atoms with Crippen molar-refractivity contribution in [2.24, 2.45) is 0 Å². The number of H-pyrrole nitrogens is 1. The molecule has 1 aromatic carbocycles. The first-order valence-corrected chi connectivity index (χ1v) is 5.64. The Kier molecular flexibility index (Phi) is 2.53. The highest BCUT2D eigenvalue weighted by molar-refractivity contribution is 5.69. The first-order chi connectivity index (χ1) is 8.83. The van der Waals surface area contributed by atoms with Crippen LogP contribution in [0.2, 0.25) is 0 Å². The third kappa shape index (κ3) is 1.96. The van der Waals surface area contributed by atoms with Gasteiger partial charge in [-0.1, -0.05) is 24.3 Å². The van der Waals surface area contributed by atoms with Crippen LogP contribution in [0.3, 0.4) is 0 Å². The minimum absolute atomic E-state index is 0.721. The molecule has 2 aromatic heterocycles. The predicted octanol–water partition coefficient (Wildman–Crippen LogP) is 2.72. The molecule has 4 heteroatoms. The van der Waals surface area contributed by atoms with Gasteiger partial charge in [0.2, 0.25) is 0 Å². The molecule has 0 spiro atoms. The Morgan fingerprint density at radius 3 is 2.39 bits per heavy atom. The lowest BCUT2D eigenvalue weighted by atomic mass is 10.1. The standard InChI is InChI=1S/C14H12N4/c15-13-5-6-16-14(7-13)11-3-1-10(2-4-11)12-8-17-18-9-12/h1-9H,(H2,15,16)(H,17,18). The van der Waals surface area contributed by atoms with Crippen molar-refractivity contribution < 1.29 is 0 Å². The predicted molar refractivity (Wildman–Crippen MR) is 71.7 cm³/mol. The molecule has 0 aliphatic carbocycles. The number of pyridine rings is 1. The Morgan fingerprint density at radius 1 is 0.944 bits per heavy atom. The normalized spacial score (nSPS) is 10.4. The Bertz CT molecular complexity index is 642. The molecule has 4 nitrogen and oxygen atoms in total. The average molecular weight is 236 g/mol. The van der Waals surface area contributed by atoms with Crippen molar-refractivity contribution in [1.29, 1.82) is 0 Å². The summed E-state index contributed by atoms with van der Waals surface area (Å²) >= 11 is 0. The van der Waals surface area contributed by atoms with E-state index in [1.165, 1.54) is 0 Å². The number of nitrogens with two attached hydrogens (primary N) is 1. The lowest BCUT2D eigenvalue weighted by Gasteiger charge is -2.03. The third-order valence-electron chi connectivity index (χ3n) is 2.80. The van der Waals surface area contributed by atoms with Crippen LogP contribution in [-0.2, 0) is 0 Å². The molecule has 0 unspecified atom stereocenters. The summed E-state index contributed by atoms with van der Waals surface area (Å²) in [5.41, 5.74) is 10.6. The molecule has 0 saturated carbocycles. The zero-order valence-corrected chi connectivity index (χ0v) is 9.67. The zero-order valence-electron chi connectivity index (χ0n) is 9.67. The van der Waals surface area contributed by atoms with Gasteiger partial charge in [-0.2, -0.15) is 5.10 Å². The van der Waals surface area contributed by atoms with Gasteiger partial charge in [0.25, 0.3) is 0 Å². The highest BCUT2D eigenvalue weighted by Crippen LogP contribution is 2.23. The average Bonchev–Trinajstić information content (AvgIpc) is 2.93. The third-order valence-corrected chi connectivity index (χ3v) is 2.80. The van der Waals surface area contributed by atoms with E-state index in [1.807, 2.05) is 36.5 Å². The summed E-state index contributed by atoms with van der Waals surface area (Å²) in [7, 11) is 0. The van der Waals surface area contributed by atoms with Crippen LogP contribution >= 0.6 is 0 Å². The molecule has 3 aromatic rings. The summed E-state index contributed by atoms with van der Waals surface area (Å²) in [6.07, 6.45) is 5.39. The molecule has 0 radical (unpaired) electrons. The Morgan fingerprint density at radius 2 is 1.72 bits per heavy atom. The molecule has 88 valence electrons. The number of aromatic amines is 1.